The fourth-order valence-corrected chi connectivity index (χ4v) is 2.82. The van der Waals surface area contributed by atoms with Crippen molar-refractivity contribution in [1.82, 2.24) is 10.3 Å². The summed E-state index contributed by atoms with van der Waals surface area (Å²) in [6.07, 6.45) is 1.98. The number of benzene rings is 1. The Bertz CT molecular complexity index is 760. The Morgan fingerprint density at radius 2 is 2.04 bits per heavy atom. The van der Waals surface area contributed by atoms with Gasteiger partial charge in [0.25, 0.3) is 5.91 Å². The van der Waals surface area contributed by atoms with Crippen LogP contribution in [0.3, 0.4) is 0 Å². The molecule has 1 amide bonds. The summed E-state index contributed by atoms with van der Waals surface area (Å²) in [4.78, 5) is 27.1. The number of thiazole rings is 1. The Morgan fingerprint density at radius 3 is 2.69 bits per heavy atom. The van der Waals surface area contributed by atoms with Crippen molar-refractivity contribution in [3.63, 3.8) is 0 Å². The summed E-state index contributed by atoms with van der Waals surface area (Å²) in [6.45, 7) is 5.17. The van der Waals surface area contributed by atoms with E-state index in [1.165, 1.54) is 16.7 Å². The van der Waals surface area contributed by atoms with E-state index in [0.717, 1.165) is 12.8 Å². The molecule has 0 aliphatic rings. The maximum absolute atomic E-state index is 12.3. The van der Waals surface area contributed by atoms with Crippen molar-refractivity contribution in [2.45, 2.75) is 33.2 Å². The number of unbranched alkanes of at least 4 members (excludes halogenated alkanes) is 1. The van der Waals surface area contributed by atoms with Gasteiger partial charge in [0.1, 0.15) is 5.01 Å². The number of amides is 1. The number of carboxylic acids is 1. The molecule has 1 aromatic carbocycles. The van der Waals surface area contributed by atoms with Crippen molar-refractivity contribution in [1.29, 1.82) is 0 Å². The average Bonchev–Trinajstić information content (AvgIpc) is 3.10. The standard InChI is InChI=1S/C18H22N2O5S/c1-3-5-8-25-14-7-6-12(9-15(14)24-4-2)17(21)19-10-16-20-13(11-26-16)18(22)23/h6-7,9,11H,3-5,8,10H2,1-2H3,(H,19,21)(H,22,23). The van der Waals surface area contributed by atoms with E-state index in [0.29, 0.717) is 35.3 Å². The lowest BCUT2D eigenvalue weighted by molar-refractivity contribution is 0.0691. The third kappa shape index (κ3) is 5.45. The van der Waals surface area contributed by atoms with Crippen molar-refractivity contribution in [3.05, 3.63) is 39.8 Å². The Morgan fingerprint density at radius 1 is 1.23 bits per heavy atom. The lowest BCUT2D eigenvalue weighted by atomic mass is 10.2. The molecule has 0 fully saturated rings. The topological polar surface area (TPSA) is 97.8 Å². The van der Waals surface area contributed by atoms with Crippen molar-refractivity contribution in [2.24, 2.45) is 0 Å². The second kappa shape index (κ2) is 9.76. The highest BCUT2D eigenvalue weighted by atomic mass is 32.1. The molecule has 7 nitrogen and oxygen atoms in total. The molecule has 8 heteroatoms. The normalized spacial score (nSPS) is 10.4. The molecule has 140 valence electrons. The van der Waals surface area contributed by atoms with Crippen molar-refractivity contribution >= 4 is 23.2 Å². The zero-order valence-corrected chi connectivity index (χ0v) is 15.6. The number of nitrogens with zero attached hydrogens (tertiary/aromatic N) is 1. The minimum Gasteiger partial charge on any atom is -0.490 e. The van der Waals surface area contributed by atoms with Crippen LogP contribution in [0.1, 0.15) is 52.5 Å². The quantitative estimate of drug-likeness (QED) is 0.615. The minimum absolute atomic E-state index is 0.0218. The van der Waals surface area contributed by atoms with Gasteiger partial charge in [-0.1, -0.05) is 13.3 Å². The number of aromatic nitrogens is 1. The second-order valence-electron chi connectivity index (χ2n) is 5.41. The molecule has 26 heavy (non-hydrogen) atoms. The smallest absolute Gasteiger partial charge is 0.355 e. The first-order valence-electron chi connectivity index (χ1n) is 8.40. The number of hydrogen-bond donors (Lipinski definition) is 2. The summed E-state index contributed by atoms with van der Waals surface area (Å²) in [5.74, 6) is -0.237. The Kier molecular flexibility index (Phi) is 7.40. The summed E-state index contributed by atoms with van der Waals surface area (Å²) < 4.78 is 11.3. The molecule has 0 spiro atoms. The highest BCUT2D eigenvalue weighted by Gasteiger charge is 2.13. The zero-order chi connectivity index (χ0) is 18.9. The highest BCUT2D eigenvalue weighted by molar-refractivity contribution is 7.09. The largest absolute Gasteiger partial charge is 0.490 e. The summed E-state index contributed by atoms with van der Waals surface area (Å²) in [5.41, 5.74) is 0.415. The fraction of sp³-hybridized carbons (Fsp3) is 0.389. The average molecular weight is 378 g/mol. The van der Waals surface area contributed by atoms with Crippen LogP contribution in [-0.2, 0) is 6.54 Å². The number of nitrogens with one attached hydrogen (secondary N) is 1. The van der Waals surface area contributed by atoms with E-state index in [1.54, 1.807) is 18.2 Å². The van der Waals surface area contributed by atoms with E-state index in [1.807, 2.05) is 6.92 Å². The first-order chi connectivity index (χ1) is 12.5. The predicted octanol–water partition coefficient (Wildman–Crippen LogP) is 3.35. The molecule has 0 radical (unpaired) electrons. The van der Waals surface area contributed by atoms with Gasteiger partial charge in [-0.25, -0.2) is 9.78 Å². The van der Waals surface area contributed by atoms with E-state index in [-0.39, 0.29) is 18.1 Å². The number of rotatable bonds is 10. The van der Waals surface area contributed by atoms with E-state index in [2.05, 4.69) is 17.2 Å². The van der Waals surface area contributed by atoms with E-state index >= 15 is 0 Å². The third-order valence-electron chi connectivity index (χ3n) is 3.43. The van der Waals surface area contributed by atoms with Crippen LogP contribution in [0.2, 0.25) is 0 Å². The maximum atomic E-state index is 12.3. The highest BCUT2D eigenvalue weighted by Crippen LogP contribution is 2.28. The Hall–Kier alpha value is -2.61. The second-order valence-corrected chi connectivity index (χ2v) is 6.35. The van der Waals surface area contributed by atoms with Crippen molar-refractivity contribution in [2.75, 3.05) is 13.2 Å². The zero-order valence-electron chi connectivity index (χ0n) is 14.8. The molecule has 0 saturated heterocycles. The molecule has 2 rings (SSSR count). The molecule has 0 unspecified atom stereocenters. The Labute approximate surface area is 156 Å². The van der Waals surface area contributed by atoms with E-state index in [9.17, 15) is 9.59 Å². The monoisotopic (exact) mass is 378 g/mol. The van der Waals surface area contributed by atoms with E-state index < -0.39 is 5.97 Å². The van der Waals surface area contributed by atoms with Crippen LogP contribution in [0.5, 0.6) is 11.5 Å². The summed E-state index contributed by atoms with van der Waals surface area (Å²) in [7, 11) is 0. The molecule has 1 aromatic heterocycles. The van der Waals surface area contributed by atoms with Crippen LogP contribution in [-0.4, -0.2) is 35.2 Å². The molecule has 0 aliphatic carbocycles. The Balaban J connectivity index is 2.02. The molecule has 2 aromatic rings. The van der Waals surface area contributed by atoms with Gasteiger partial charge in [0, 0.05) is 10.9 Å². The molecule has 0 bridgehead atoms. The van der Waals surface area contributed by atoms with Crippen LogP contribution < -0.4 is 14.8 Å². The van der Waals surface area contributed by atoms with Gasteiger partial charge in [-0.05, 0) is 31.5 Å². The van der Waals surface area contributed by atoms with Crippen LogP contribution in [0.25, 0.3) is 0 Å². The maximum Gasteiger partial charge on any atom is 0.355 e. The van der Waals surface area contributed by atoms with Crippen LogP contribution in [0.15, 0.2) is 23.6 Å². The number of carbonyl (C=O) groups is 2. The minimum atomic E-state index is -1.08. The van der Waals surface area contributed by atoms with Gasteiger partial charge in [-0.3, -0.25) is 4.79 Å². The number of ether oxygens (including phenoxy) is 2. The lowest BCUT2D eigenvalue weighted by Crippen LogP contribution is -2.22. The SMILES string of the molecule is CCCCOc1ccc(C(=O)NCc2nc(C(=O)O)cs2)cc1OCC. The number of aromatic carboxylic acids is 1. The van der Waals surface area contributed by atoms with Gasteiger partial charge < -0.3 is 19.9 Å². The van der Waals surface area contributed by atoms with Crippen LogP contribution in [0, 0.1) is 0 Å². The number of carbonyl (C=O) groups excluding carboxylic acids is 1. The molecule has 1 heterocycles. The molecule has 0 aliphatic heterocycles. The van der Waals surface area contributed by atoms with Crippen molar-refractivity contribution in [3.8, 4) is 11.5 Å². The van der Waals surface area contributed by atoms with Crippen molar-refractivity contribution < 1.29 is 24.2 Å². The third-order valence-corrected chi connectivity index (χ3v) is 4.28. The molecular weight excluding hydrogens is 356 g/mol. The number of hydrogen-bond acceptors (Lipinski definition) is 6. The van der Waals surface area contributed by atoms with Gasteiger partial charge in [0.15, 0.2) is 17.2 Å². The van der Waals surface area contributed by atoms with Gasteiger partial charge in [0.05, 0.1) is 19.8 Å². The summed E-state index contributed by atoms with van der Waals surface area (Å²) in [5, 5.41) is 13.6. The van der Waals surface area contributed by atoms with Gasteiger partial charge >= 0.3 is 5.97 Å². The summed E-state index contributed by atoms with van der Waals surface area (Å²) in [6, 6.07) is 5.04. The first kappa shape index (κ1) is 19.7. The molecule has 2 N–H and O–H groups in total. The lowest BCUT2D eigenvalue weighted by Gasteiger charge is -2.13. The van der Waals surface area contributed by atoms with Gasteiger partial charge in [-0.15, -0.1) is 11.3 Å². The van der Waals surface area contributed by atoms with Crippen LogP contribution in [0.4, 0.5) is 0 Å². The molecule has 0 atom stereocenters. The first-order valence-corrected chi connectivity index (χ1v) is 9.28. The van der Waals surface area contributed by atoms with Gasteiger partial charge in [0.2, 0.25) is 0 Å². The molecular formula is C18H22N2O5S. The summed E-state index contributed by atoms with van der Waals surface area (Å²) >= 11 is 1.19. The van der Waals surface area contributed by atoms with Crippen LogP contribution >= 0.6 is 11.3 Å². The van der Waals surface area contributed by atoms with Gasteiger partial charge in [-0.2, -0.15) is 0 Å². The fourth-order valence-electron chi connectivity index (χ4n) is 2.11. The molecule has 0 saturated carbocycles. The number of carboxylic acid groups (broad SMARTS) is 1. The van der Waals surface area contributed by atoms with E-state index in [4.69, 9.17) is 14.6 Å². The predicted molar refractivity (Wildman–Crippen MR) is 98.3 cm³/mol.